The van der Waals surface area contributed by atoms with Gasteiger partial charge in [-0.2, -0.15) is 0 Å². The van der Waals surface area contributed by atoms with Crippen LogP contribution in [0.25, 0.3) is 0 Å². The fourth-order valence-corrected chi connectivity index (χ4v) is 4.36. The van der Waals surface area contributed by atoms with Gasteiger partial charge in [0.1, 0.15) is 0 Å². The number of benzene rings is 1. The SMILES string of the molecule is CSc1nnc(Sc2ccc(CNC3CC3)cc2C)s1. The number of hydrogen-bond donors (Lipinski definition) is 1. The van der Waals surface area contributed by atoms with E-state index in [1.54, 1.807) is 34.9 Å². The van der Waals surface area contributed by atoms with Crippen molar-refractivity contribution in [1.29, 1.82) is 0 Å². The van der Waals surface area contributed by atoms with E-state index < -0.39 is 0 Å². The fourth-order valence-electron chi connectivity index (χ4n) is 1.90. The maximum Gasteiger partial charge on any atom is 0.179 e. The molecule has 0 bridgehead atoms. The van der Waals surface area contributed by atoms with Gasteiger partial charge in [-0.05, 0) is 43.2 Å². The first-order valence-electron chi connectivity index (χ1n) is 6.63. The lowest BCUT2D eigenvalue weighted by Gasteiger charge is -2.07. The summed E-state index contributed by atoms with van der Waals surface area (Å²) in [5, 5.41) is 11.9. The quantitative estimate of drug-likeness (QED) is 0.814. The number of thioether (sulfide) groups is 1. The van der Waals surface area contributed by atoms with E-state index in [9.17, 15) is 0 Å². The Labute approximate surface area is 132 Å². The van der Waals surface area contributed by atoms with Gasteiger partial charge in [-0.25, -0.2) is 0 Å². The van der Waals surface area contributed by atoms with Crippen molar-refractivity contribution in [2.24, 2.45) is 0 Å². The van der Waals surface area contributed by atoms with E-state index in [0.29, 0.717) is 0 Å². The molecule has 1 saturated carbocycles. The largest absolute Gasteiger partial charge is 0.310 e. The Balaban J connectivity index is 1.66. The highest BCUT2D eigenvalue weighted by Gasteiger charge is 2.20. The zero-order valence-electron chi connectivity index (χ0n) is 11.5. The van der Waals surface area contributed by atoms with Crippen LogP contribution in [0.4, 0.5) is 0 Å². The molecule has 1 aliphatic rings. The summed E-state index contributed by atoms with van der Waals surface area (Å²) in [4.78, 5) is 1.27. The number of aryl methyl sites for hydroxylation is 1. The minimum absolute atomic E-state index is 0.760. The number of nitrogens with one attached hydrogen (secondary N) is 1. The lowest BCUT2D eigenvalue weighted by atomic mass is 10.1. The van der Waals surface area contributed by atoms with Crippen molar-refractivity contribution in [3.8, 4) is 0 Å². The normalized spacial score (nSPS) is 14.7. The lowest BCUT2D eigenvalue weighted by Crippen LogP contribution is -2.15. The molecular weight excluding hydrogens is 306 g/mol. The van der Waals surface area contributed by atoms with Crippen molar-refractivity contribution in [3.05, 3.63) is 29.3 Å². The zero-order chi connectivity index (χ0) is 13.9. The predicted octanol–water partition coefficient (Wildman–Crippen LogP) is 3.97. The fraction of sp³-hybridized carbons (Fsp3) is 0.429. The number of aromatic nitrogens is 2. The summed E-state index contributed by atoms with van der Waals surface area (Å²) in [7, 11) is 0. The summed E-state index contributed by atoms with van der Waals surface area (Å²) in [6.45, 7) is 3.14. The molecule has 1 N–H and O–H groups in total. The molecular formula is C14H17N3S3. The first kappa shape index (κ1) is 14.4. The van der Waals surface area contributed by atoms with Gasteiger partial charge in [-0.15, -0.1) is 10.2 Å². The van der Waals surface area contributed by atoms with Gasteiger partial charge in [0.2, 0.25) is 0 Å². The molecule has 2 aromatic rings. The van der Waals surface area contributed by atoms with Crippen molar-refractivity contribution >= 4 is 34.9 Å². The van der Waals surface area contributed by atoms with E-state index in [-0.39, 0.29) is 0 Å². The highest BCUT2D eigenvalue weighted by atomic mass is 32.2. The molecule has 0 atom stereocenters. The van der Waals surface area contributed by atoms with Crippen LogP contribution in [0.5, 0.6) is 0 Å². The molecule has 1 aromatic heterocycles. The molecule has 3 rings (SSSR count). The van der Waals surface area contributed by atoms with E-state index in [1.807, 2.05) is 6.26 Å². The summed E-state index contributed by atoms with van der Waals surface area (Å²) in [5.41, 5.74) is 2.67. The predicted molar refractivity (Wildman–Crippen MR) is 86.9 cm³/mol. The molecule has 0 saturated heterocycles. The number of rotatable bonds is 6. The third kappa shape index (κ3) is 3.75. The summed E-state index contributed by atoms with van der Waals surface area (Å²) in [5.74, 6) is 0. The van der Waals surface area contributed by atoms with E-state index in [1.165, 1.54) is 28.9 Å². The first-order chi connectivity index (χ1) is 9.74. The topological polar surface area (TPSA) is 37.8 Å². The summed E-state index contributed by atoms with van der Waals surface area (Å²) < 4.78 is 2.04. The van der Waals surface area contributed by atoms with Crippen LogP contribution in [0.2, 0.25) is 0 Å². The Bertz CT molecular complexity index is 593. The second-order valence-corrected chi connectivity index (χ2v) is 8.22. The van der Waals surface area contributed by atoms with Gasteiger partial charge >= 0.3 is 0 Å². The minimum atomic E-state index is 0.760. The third-order valence-corrected chi connectivity index (χ3v) is 6.30. The van der Waals surface area contributed by atoms with E-state index in [4.69, 9.17) is 0 Å². The Kier molecular flexibility index (Phi) is 4.65. The maximum atomic E-state index is 4.21. The van der Waals surface area contributed by atoms with Crippen molar-refractivity contribution in [2.75, 3.05) is 6.26 Å². The Morgan fingerprint density at radius 1 is 1.30 bits per heavy atom. The van der Waals surface area contributed by atoms with Crippen LogP contribution < -0.4 is 5.32 Å². The average molecular weight is 324 g/mol. The Morgan fingerprint density at radius 3 is 2.75 bits per heavy atom. The van der Waals surface area contributed by atoms with Crippen LogP contribution >= 0.6 is 34.9 Å². The summed E-state index contributed by atoms with van der Waals surface area (Å²) >= 11 is 5.01. The summed E-state index contributed by atoms with van der Waals surface area (Å²) in [6.07, 6.45) is 4.70. The zero-order valence-corrected chi connectivity index (χ0v) is 14.0. The van der Waals surface area contributed by atoms with Crippen LogP contribution in [0, 0.1) is 6.92 Å². The van der Waals surface area contributed by atoms with Crippen LogP contribution in [-0.2, 0) is 6.54 Å². The van der Waals surface area contributed by atoms with Gasteiger partial charge in [0.15, 0.2) is 8.68 Å². The van der Waals surface area contributed by atoms with Gasteiger partial charge in [-0.1, -0.05) is 47.0 Å². The van der Waals surface area contributed by atoms with Crippen molar-refractivity contribution < 1.29 is 0 Å². The average Bonchev–Trinajstić information content (AvgIpc) is 3.17. The molecule has 0 aliphatic heterocycles. The summed E-state index contributed by atoms with van der Waals surface area (Å²) in [6, 6.07) is 7.44. The van der Waals surface area contributed by atoms with Crippen LogP contribution in [0.15, 0.2) is 31.8 Å². The monoisotopic (exact) mass is 323 g/mol. The molecule has 20 heavy (non-hydrogen) atoms. The van der Waals surface area contributed by atoms with Crippen LogP contribution in [0.1, 0.15) is 24.0 Å². The molecule has 1 fully saturated rings. The molecule has 0 amide bonds. The molecule has 0 radical (unpaired) electrons. The highest BCUT2D eigenvalue weighted by Crippen LogP contribution is 2.34. The van der Waals surface area contributed by atoms with E-state index in [2.05, 4.69) is 40.6 Å². The van der Waals surface area contributed by atoms with Gasteiger partial charge in [0.05, 0.1) is 0 Å². The van der Waals surface area contributed by atoms with Gasteiger partial charge in [-0.3, -0.25) is 0 Å². The molecule has 106 valence electrons. The lowest BCUT2D eigenvalue weighted by molar-refractivity contribution is 0.687. The molecule has 6 heteroatoms. The van der Waals surface area contributed by atoms with E-state index in [0.717, 1.165) is 21.3 Å². The molecule has 1 heterocycles. The maximum absolute atomic E-state index is 4.21. The van der Waals surface area contributed by atoms with Crippen molar-refractivity contribution in [1.82, 2.24) is 15.5 Å². The first-order valence-corrected chi connectivity index (χ1v) is 9.48. The van der Waals surface area contributed by atoms with Crippen molar-refractivity contribution in [2.45, 2.75) is 45.9 Å². The van der Waals surface area contributed by atoms with Gasteiger partial charge in [0, 0.05) is 17.5 Å². The number of nitrogens with zero attached hydrogens (tertiary/aromatic N) is 2. The minimum Gasteiger partial charge on any atom is -0.310 e. The van der Waals surface area contributed by atoms with Crippen LogP contribution in [0.3, 0.4) is 0 Å². The standard InChI is InChI=1S/C14H17N3S3/c1-9-7-10(8-15-11-4-5-11)3-6-12(9)19-14-17-16-13(18-2)20-14/h3,6-7,11,15H,4-5,8H2,1-2H3. The Hall–Kier alpha value is -0.560. The smallest absolute Gasteiger partial charge is 0.179 e. The molecule has 3 nitrogen and oxygen atoms in total. The number of hydrogen-bond acceptors (Lipinski definition) is 6. The third-order valence-electron chi connectivity index (χ3n) is 3.17. The molecule has 1 aliphatic carbocycles. The second-order valence-electron chi connectivity index (χ2n) is 4.90. The van der Waals surface area contributed by atoms with Crippen molar-refractivity contribution in [3.63, 3.8) is 0 Å². The molecule has 0 unspecified atom stereocenters. The Morgan fingerprint density at radius 2 is 2.10 bits per heavy atom. The van der Waals surface area contributed by atoms with Gasteiger partial charge in [0.25, 0.3) is 0 Å². The van der Waals surface area contributed by atoms with Gasteiger partial charge < -0.3 is 5.32 Å². The molecule has 0 spiro atoms. The highest BCUT2D eigenvalue weighted by molar-refractivity contribution is 8.03. The van der Waals surface area contributed by atoms with E-state index >= 15 is 0 Å². The van der Waals surface area contributed by atoms with Crippen LogP contribution in [-0.4, -0.2) is 22.5 Å². The second kappa shape index (κ2) is 6.47. The molecule has 1 aromatic carbocycles.